The molecule has 0 aromatic heterocycles. The maximum absolute atomic E-state index is 11.8. The third-order valence-corrected chi connectivity index (χ3v) is 4.34. The molecule has 0 saturated heterocycles. The minimum atomic E-state index is -0.178. The zero-order valence-corrected chi connectivity index (χ0v) is 12.7. The molecule has 0 bridgehead atoms. The summed E-state index contributed by atoms with van der Waals surface area (Å²) in [5, 5.41) is 15.3. The molecule has 0 heterocycles. The van der Waals surface area contributed by atoms with Crippen molar-refractivity contribution in [3.05, 3.63) is 35.9 Å². The standard InChI is InChI=1S/C17H26N2O2/c1-2-14(15-6-4-3-5-7-15)12-19-17(21)18-11-13-8-9-16(20)10-13/h3-7,13-14,16,20H,2,8-12H2,1H3,(H2,18,19,21)/t13-,14+,16+/m0/s1. The topological polar surface area (TPSA) is 61.4 Å². The van der Waals surface area contributed by atoms with Crippen LogP contribution in [0.4, 0.5) is 4.79 Å². The molecule has 0 spiro atoms. The molecule has 1 aromatic rings. The summed E-state index contributed by atoms with van der Waals surface area (Å²) in [5.74, 6) is 0.770. The first kappa shape index (κ1) is 15.8. The molecule has 2 amide bonds. The minimum Gasteiger partial charge on any atom is -0.393 e. The van der Waals surface area contributed by atoms with Crippen molar-refractivity contribution < 1.29 is 9.90 Å². The van der Waals surface area contributed by atoms with Crippen LogP contribution in [0.1, 0.15) is 44.1 Å². The third-order valence-electron chi connectivity index (χ3n) is 4.34. The number of hydrogen-bond donors (Lipinski definition) is 3. The zero-order valence-electron chi connectivity index (χ0n) is 12.7. The highest BCUT2D eigenvalue weighted by Gasteiger charge is 2.22. The average molecular weight is 290 g/mol. The van der Waals surface area contributed by atoms with E-state index in [9.17, 15) is 9.90 Å². The van der Waals surface area contributed by atoms with E-state index in [4.69, 9.17) is 0 Å². The summed E-state index contributed by atoms with van der Waals surface area (Å²) in [6.07, 6.45) is 3.49. The second kappa shape index (κ2) is 8.03. The Balaban J connectivity index is 1.70. The molecule has 0 radical (unpaired) electrons. The van der Waals surface area contributed by atoms with Crippen LogP contribution in [0.5, 0.6) is 0 Å². The van der Waals surface area contributed by atoms with E-state index in [1.54, 1.807) is 0 Å². The van der Waals surface area contributed by atoms with Crippen molar-refractivity contribution in [2.75, 3.05) is 13.1 Å². The first-order valence-electron chi connectivity index (χ1n) is 7.93. The van der Waals surface area contributed by atoms with Gasteiger partial charge < -0.3 is 15.7 Å². The summed E-state index contributed by atoms with van der Waals surface area (Å²) in [6, 6.07) is 10.2. The molecule has 0 aliphatic heterocycles. The molecule has 2 rings (SSSR count). The van der Waals surface area contributed by atoms with E-state index < -0.39 is 0 Å². The lowest BCUT2D eigenvalue weighted by Crippen LogP contribution is -2.39. The van der Waals surface area contributed by atoms with Gasteiger partial charge in [0.05, 0.1) is 6.10 Å². The molecule has 1 saturated carbocycles. The highest BCUT2D eigenvalue weighted by molar-refractivity contribution is 5.73. The fraction of sp³-hybridized carbons (Fsp3) is 0.588. The van der Waals surface area contributed by atoms with Crippen molar-refractivity contribution in [3.8, 4) is 0 Å². The number of nitrogens with one attached hydrogen (secondary N) is 2. The van der Waals surface area contributed by atoms with Gasteiger partial charge in [-0.3, -0.25) is 0 Å². The fourth-order valence-corrected chi connectivity index (χ4v) is 2.97. The highest BCUT2D eigenvalue weighted by atomic mass is 16.3. The van der Waals surface area contributed by atoms with Crippen LogP contribution in [0.3, 0.4) is 0 Å². The minimum absolute atomic E-state index is 0.106. The number of benzene rings is 1. The van der Waals surface area contributed by atoms with Crippen LogP contribution in [0, 0.1) is 5.92 Å². The van der Waals surface area contributed by atoms with Gasteiger partial charge >= 0.3 is 6.03 Å². The van der Waals surface area contributed by atoms with Gasteiger partial charge in [-0.15, -0.1) is 0 Å². The van der Waals surface area contributed by atoms with E-state index >= 15 is 0 Å². The zero-order chi connectivity index (χ0) is 15.1. The summed E-state index contributed by atoms with van der Waals surface area (Å²) in [5.41, 5.74) is 1.26. The largest absolute Gasteiger partial charge is 0.393 e. The monoisotopic (exact) mass is 290 g/mol. The number of carbonyl (C=O) groups excluding carboxylic acids is 1. The molecule has 0 unspecified atom stereocenters. The molecule has 1 aliphatic rings. The Kier molecular flexibility index (Phi) is 6.05. The number of aliphatic hydroxyl groups is 1. The molecule has 1 aromatic carbocycles. The predicted molar refractivity (Wildman–Crippen MR) is 84.2 cm³/mol. The normalized spacial score (nSPS) is 22.8. The molecule has 116 valence electrons. The molecular weight excluding hydrogens is 264 g/mol. The van der Waals surface area contributed by atoms with Gasteiger partial charge in [0.15, 0.2) is 0 Å². The first-order valence-corrected chi connectivity index (χ1v) is 7.93. The van der Waals surface area contributed by atoms with Crippen LogP contribution in [-0.4, -0.2) is 30.3 Å². The van der Waals surface area contributed by atoms with Crippen LogP contribution in [0.25, 0.3) is 0 Å². The smallest absolute Gasteiger partial charge is 0.314 e. The Morgan fingerprint density at radius 2 is 2.05 bits per heavy atom. The van der Waals surface area contributed by atoms with Crippen molar-refractivity contribution in [2.45, 2.75) is 44.6 Å². The van der Waals surface area contributed by atoms with Gasteiger partial charge in [0.25, 0.3) is 0 Å². The first-order chi connectivity index (χ1) is 10.2. The number of urea groups is 1. The highest BCUT2D eigenvalue weighted by Crippen LogP contribution is 2.24. The third kappa shape index (κ3) is 5.05. The van der Waals surface area contributed by atoms with Gasteiger partial charge in [-0.05, 0) is 37.2 Å². The molecular formula is C17H26N2O2. The number of carbonyl (C=O) groups is 1. The molecule has 1 fully saturated rings. The maximum atomic E-state index is 11.8. The number of rotatable bonds is 6. The van der Waals surface area contributed by atoms with Crippen molar-refractivity contribution in [2.24, 2.45) is 5.92 Å². The Bertz CT molecular complexity index is 436. The predicted octanol–water partition coefficient (Wildman–Crippen LogP) is 2.64. The molecule has 1 aliphatic carbocycles. The van der Waals surface area contributed by atoms with Crippen molar-refractivity contribution >= 4 is 6.03 Å². The van der Waals surface area contributed by atoms with Gasteiger partial charge in [-0.1, -0.05) is 37.3 Å². The summed E-state index contributed by atoms with van der Waals surface area (Å²) in [6.45, 7) is 3.45. The van der Waals surface area contributed by atoms with Crippen molar-refractivity contribution in [1.29, 1.82) is 0 Å². The Hall–Kier alpha value is -1.55. The molecule has 4 nitrogen and oxygen atoms in total. The summed E-state index contributed by atoms with van der Waals surface area (Å²) >= 11 is 0. The van der Waals surface area contributed by atoms with E-state index in [0.717, 1.165) is 25.7 Å². The molecule has 3 atom stereocenters. The molecule has 21 heavy (non-hydrogen) atoms. The quantitative estimate of drug-likeness (QED) is 0.754. The molecule has 4 heteroatoms. The fourth-order valence-electron chi connectivity index (χ4n) is 2.97. The lowest BCUT2D eigenvalue weighted by atomic mass is 9.97. The van der Waals surface area contributed by atoms with Crippen molar-refractivity contribution in [1.82, 2.24) is 10.6 Å². The van der Waals surface area contributed by atoms with E-state index in [1.807, 2.05) is 18.2 Å². The van der Waals surface area contributed by atoms with Crippen LogP contribution >= 0.6 is 0 Å². The van der Waals surface area contributed by atoms with E-state index in [2.05, 4.69) is 29.7 Å². The van der Waals surface area contributed by atoms with Crippen LogP contribution < -0.4 is 10.6 Å². The van der Waals surface area contributed by atoms with E-state index in [-0.39, 0.29) is 12.1 Å². The van der Waals surface area contributed by atoms with Gasteiger partial charge in [0, 0.05) is 19.0 Å². The summed E-state index contributed by atoms with van der Waals surface area (Å²) in [7, 11) is 0. The second-order valence-electron chi connectivity index (χ2n) is 5.94. The van der Waals surface area contributed by atoms with Gasteiger partial charge in [0.1, 0.15) is 0 Å². The van der Waals surface area contributed by atoms with Gasteiger partial charge in [0.2, 0.25) is 0 Å². The van der Waals surface area contributed by atoms with E-state index in [1.165, 1.54) is 5.56 Å². The number of aliphatic hydroxyl groups excluding tert-OH is 1. The number of hydrogen-bond acceptors (Lipinski definition) is 2. The van der Waals surface area contributed by atoms with Crippen LogP contribution in [-0.2, 0) is 0 Å². The van der Waals surface area contributed by atoms with Gasteiger partial charge in [-0.2, -0.15) is 0 Å². The summed E-state index contributed by atoms with van der Waals surface area (Å²) < 4.78 is 0. The maximum Gasteiger partial charge on any atom is 0.314 e. The Labute approximate surface area is 126 Å². The molecule has 3 N–H and O–H groups in total. The van der Waals surface area contributed by atoms with Crippen LogP contribution in [0.15, 0.2) is 30.3 Å². The second-order valence-corrected chi connectivity index (χ2v) is 5.94. The lowest BCUT2D eigenvalue weighted by molar-refractivity contribution is 0.177. The SMILES string of the molecule is CC[C@H](CNC(=O)NC[C@H]1CC[C@@H](O)C1)c1ccccc1. The average Bonchev–Trinajstić information content (AvgIpc) is 2.92. The van der Waals surface area contributed by atoms with Crippen LogP contribution in [0.2, 0.25) is 0 Å². The Morgan fingerprint density at radius 3 is 2.67 bits per heavy atom. The van der Waals surface area contributed by atoms with E-state index in [0.29, 0.717) is 24.9 Å². The lowest BCUT2D eigenvalue weighted by Gasteiger charge is -2.17. The summed E-state index contributed by atoms with van der Waals surface area (Å²) in [4.78, 5) is 11.8. The number of amides is 2. The Morgan fingerprint density at radius 1 is 1.29 bits per heavy atom. The van der Waals surface area contributed by atoms with Gasteiger partial charge in [-0.25, -0.2) is 4.79 Å². The van der Waals surface area contributed by atoms with Crippen molar-refractivity contribution in [3.63, 3.8) is 0 Å².